The first-order valence-corrected chi connectivity index (χ1v) is 11.5. The molecule has 2 aromatic carbocycles. The van der Waals surface area contributed by atoms with Crippen molar-refractivity contribution in [3.8, 4) is 11.1 Å². The predicted molar refractivity (Wildman–Crippen MR) is 130 cm³/mol. The lowest BCUT2D eigenvalue weighted by Crippen LogP contribution is -2.24. The number of nitrogens with one attached hydrogen (secondary N) is 1. The van der Waals surface area contributed by atoms with E-state index in [1.807, 2.05) is 36.6 Å². The molecule has 1 aliphatic rings. The average Bonchev–Trinajstić information content (AvgIpc) is 3.35. The average molecular weight is 473 g/mol. The van der Waals surface area contributed by atoms with Crippen LogP contribution in [0.2, 0.25) is 0 Å². The third-order valence-electron chi connectivity index (χ3n) is 5.88. The molecule has 8 nitrogen and oxygen atoms in total. The van der Waals surface area contributed by atoms with Gasteiger partial charge in [-0.25, -0.2) is 4.98 Å². The lowest BCUT2D eigenvalue weighted by Gasteiger charge is -2.08. The predicted octanol–water partition coefficient (Wildman–Crippen LogP) is 3.69. The number of carbonyl (C=O) groups is 3. The van der Waals surface area contributed by atoms with Crippen molar-refractivity contribution in [2.75, 3.05) is 12.4 Å². The number of nitrogens with zero attached hydrogens (tertiary/aromatic N) is 3. The van der Waals surface area contributed by atoms with Gasteiger partial charge in [0, 0.05) is 36.6 Å². The first kappa shape index (κ1) is 21.7. The Morgan fingerprint density at radius 1 is 1.00 bits per heavy atom. The SMILES string of the molecule is Cc1ccc(-c2csc3ncn(CCC(=O)Nc4ccc5c(c4)C(=O)N(C)C5=O)c(=O)c23)cc1. The Kier molecular flexibility index (Phi) is 5.33. The molecule has 34 heavy (non-hydrogen) atoms. The lowest BCUT2D eigenvalue weighted by atomic mass is 10.1. The Hall–Kier alpha value is -4.11. The maximum absolute atomic E-state index is 13.2. The van der Waals surface area contributed by atoms with E-state index in [0.717, 1.165) is 21.6 Å². The Labute approximate surface area is 198 Å². The summed E-state index contributed by atoms with van der Waals surface area (Å²) in [4.78, 5) is 56.0. The molecular weight excluding hydrogens is 452 g/mol. The Morgan fingerprint density at radius 3 is 2.50 bits per heavy atom. The van der Waals surface area contributed by atoms with Gasteiger partial charge in [-0.1, -0.05) is 29.8 Å². The number of hydrogen-bond donors (Lipinski definition) is 1. The number of amides is 3. The molecule has 170 valence electrons. The number of benzene rings is 2. The number of anilines is 1. The van der Waals surface area contributed by atoms with Crippen LogP contribution >= 0.6 is 11.3 Å². The Bertz CT molecular complexity index is 1540. The lowest BCUT2D eigenvalue weighted by molar-refractivity contribution is -0.116. The fraction of sp³-hybridized carbons (Fsp3) is 0.160. The van der Waals surface area contributed by atoms with Crippen LogP contribution in [0, 0.1) is 6.92 Å². The third kappa shape index (κ3) is 3.69. The van der Waals surface area contributed by atoms with Gasteiger partial charge < -0.3 is 5.32 Å². The summed E-state index contributed by atoms with van der Waals surface area (Å²) >= 11 is 1.41. The number of fused-ring (bicyclic) bond motifs is 2. The van der Waals surface area contributed by atoms with E-state index < -0.39 is 5.91 Å². The molecule has 0 unspecified atom stereocenters. The molecule has 1 aliphatic heterocycles. The molecule has 0 bridgehead atoms. The molecule has 3 heterocycles. The molecule has 0 radical (unpaired) electrons. The van der Waals surface area contributed by atoms with E-state index in [4.69, 9.17) is 0 Å². The van der Waals surface area contributed by atoms with E-state index in [1.54, 1.807) is 6.07 Å². The highest BCUT2D eigenvalue weighted by molar-refractivity contribution is 7.17. The molecule has 0 fully saturated rings. The van der Waals surface area contributed by atoms with Crippen LogP contribution in [0.1, 0.15) is 32.7 Å². The second-order valence-electron chi connectivity index (χ2n) is 8.17. The Balaban J connectivity index is 1.33. The van der Waals surface area contributed by atoms with Crippen LogP contribution < -0.4 is 10.9 Å². The van der Waals surface area contributed by atoms with Crippen molar-refractivity contribution >= 4 is 45.0 Å². The van der Waals surface area contributed by atoms with Crippen LogP contribution in [0.3, 0.4) is 0 Å². The van der Waals surface area contributed by atoms with Crippen LogP contribution in [0.15, 0.2) is 59.0 Å². The van der Waals surface area contributed by atoms with Crippen molar-refractivity contribution in [1.29, 1.82) is 0 Å². The van der Waals surface area contributed by atoms with Gasteiger partial charge in [0.15, 0.2) is 0 Å². The Morgan fingerprint density at radius 2 is 1.74 bits per heavy atom. The van der Waals surface area contributed by atoms with Crippen molar-refractivity contribution in [3.05, 3.63) is 81.2 Å². The largest absolute Gasteiger partial charge is 0.326 e. The molecular formula is C25H20N4O4S. The van der Waals surface area contributed by atoms with Crippen LogP contribution in [-0.4, -0.2) is 39.2 Å². The highest BCUT2D eigenvalue weighted by Gasteiger charge is 2.32. The minimum atomic E-state index is -0.401. The van der Waals surface area contributed by atoms with Crippen molar-refractivity contribution in [2.24, 2.45) is 0 Å². The zero-order valence-electron chi connectivity index (χ0n) is 18.5. The fourth-order valence-corrected chi connectivity index (χ4v) is 4.86. The molecule has 0 saturated carbocycles. The zero-order valence-corrected chi connectivity index (χ0v) is 19.3. The van der Waals surface area contributed by atoms with Gasteiger partial charge in [-0.15, -0.1) is 11.3 Å². The number of thiophene rings is 1. The molecule has 0 saturated heterocycles. The topological polar surface area (TPSA) is 101 Å². The monoisotopic (exact) mass is 472 g/mol. The van der Waals surface area contributed by atoms with Gasteiger partial charge in [0.25, 0.3) is 17.4 Å². The van der Waals surface area contributed by atoms with E-state index >= 15 is 0 Å². The van der Waals surface area contributed by atoms with Crippen LogP contribution in [0.25, 0.3) is 21.3 Å². The van der Waals surface area contributed by atoms with Crippen LogP contribution in [-0.2, 0) is 11.3 Å². The van der Waals surface area contributed by atoms with E-state index in [0.29, 0.717) is 21.5 Å². The minimum Gasteiger partial charge on any atom is -0.326 e. The smallest absolute Gasteiger partial charge is 0.262 e. The third-order valence-corrected chi connectivity index (χ3v) is 6.76. The molecule has 0 spiro atoms. The zero-order chi connectivity index (χ0) is 24.0. The van der Waals surface area contributed by atoms with Crippen molar-refractivity contribution in [2.45, 2.75) is 19.9 Å². The van der Waals surface area contributed by atoms with Gasteiger partial charge in [0.1, 0.15) is 4.83 Å². The summed E-state index contributed by atoms with van der Waals surface area (Å²) in [6.07, 6.45) is 1.50. The van der Waals surface area contributed by atoms with Gasteiger partial charge in [0.05, 0.1) is 22.8 Å². The molecule has 5 rings (SSSR count). The molecule has 1 N–H and O–H groups in total. The summed E-state index contributed by atoms with van der Waals surface area (Å²) in [6.45, 7) is 2.16. The second-order valence-corrected chi connectivity index (χ2v) is 9.02. The molecule has 2 aromatic heterocycles. The highest BCUT2D eigenvalue weighted by atomic mass is 32.1. The first-order chi connectivity index (χ1) is 16.3. The fourth-order valence-electron chi connectivity index (χ4n) is 3.96. The summed E-state index contributed by atoms with van der Waals surface area (Å²) in [5.74, 6) is -1.08. The summed E-state index contributed by atoms with van der Waals surface area (Å²) in [6, 6.07) is 12.6. The summed E-state index contributed by atoms with van der Waals surface area (Å²) in [5, 5.41) is 5.20. The molecule has 0 atom stereocenters. The number of aryl methyl sites for hydroxylation is 2. The summed E-state index contributed by atoms with van der Waals surface area (Å²) in [7, 11) is 1.42. The van der Waals surface area contributed by atoms with Crippen LogP contribution in [0.4, 0.5) is 5.69 Å². The molecule has 3 amide bonds. The van der Waals surface area contributed by atoms with Crippen molar-refractivity contribution in [1.82, 2.24) is 14.5 Å². The van der Waals surface area contributed by atoms with E-state index in [2.05, 4.69) is 10.3 Å². The number of rotatable bonds is 5. The van der Waals surface area contributed by atoms with Gasteiger partial charge in [-0.2, -0.15) is 0 Å². The van der Waals surface area contributed by atoms with Gasteiger partial charge >= 0.3 is 0 Å². The van der Waals surface area contributed by atoms with Gasteiger partial charge in [-0.05, 0) is 30.7 Å². The molecule has 9 heteroatoms. The highest BCUT2D eigenvalue weighted by Crippen LogP contribution is 2.30. The van der Waals surface area contributed by atoms with E-state index in [9.17, 15) is 19.2 Å². The number of carbonyl (C=O) groups excluding carboxylic acids is 3. The second kappa shape index (κ2) is 8.35. The number of hydrogen-bond acceptors (Lipinski definition) is 6. The first-order valence-electron chi connectivity index (χ1n) is 10.6. The summed E-state index contributed by atoms with van der Waals surface area (Å²) in [5.41, 5.74) is 3.71. The maximum Gasteiger partial charge on any atom is 0.262 e. The summed E-state index contributed by atoms with van der Waals surface area (Å²) < 4.78 is 1.44. The minimum absolute atomic E-state index is 0.0426. The number of imide groups is 1. The standard InChI is InChI=1S/C25H20N4O4S/c1-14-3-5-15(6-4-14)19-12-34-22-21(19)25(33)29(13-26-22)10-9-20(30)27-16-7-8-17-18(11-16)24(32)28(2)23(17)31/h3-8,11-13H,9-10H2,1-2H3,(H,27,30). The quantitative estimate of drug-likeness (QED) is 0.447. The van der Waals surface area contributed by atoms with E-state index in [1.165, 1.54) is 41.4 Å². The van der Waals surface area contributed by atoms with Crippen LogP contribution in [0.5, 0.6) is 0 Å². The normalized spacial score (nSPS) is 12.9. The van der Waals surface area contributed by atoms with E-state index in [-0.39, 0.29) is 35.9 Å². The molecule has 4 aromatic rings. The molecule has 0 aliphatic carbocycles. The number of aromatic nitrogens is 2. The van der Waals surface area contributed by atoms with Gasteiger partial charge in [-0.3, -0.25) is 28.6 Å². The van der Waals surface area contributed by atoms with Crippen molar-refractivity contribution in [3.63, 3.8) is 0 Å². The van der Waals surface area contributed by atoms with Gasteiger partial charge in [0.2, 0.25) is 5.91 Å². The maximum atomic E-state index is 13.2. The van der Waals surface area contributed by atoms with Crippen molar-refractivity contribution < 1.29 is 14.4 Å².